The molecule has 0 radical (unpaired) electrons. The van der Waals surface area contributed by atoms with Gasteiger partial charge in [-0.1, -0.05) is 63.2 Å². The Balaban J connectivity index is 2.33. The Morgan fingerprint density at radius 1 is 0.957 bits per heavy atom. The van der Waals surface area contributed by atoms with Crippen molar-refractivity contribution in [2.45, 2.75) is 45.3 Å². The topological polar surface area (TPSA) is 26.3 Å². The Labute approximate surface area is 140 Å². The van der Waals surface area contributed by atoms with Crippen molar-refractivity contribution < 1.29 is 9.22 Å². The molecule has 0 fully saturated rings. The van der Waals surface area contributed by atoms with Crippen molar-refractivity contribution in [1.82, 2.24) is 0 Å². The molecule has 0 unspecified atom stereocenters. The molecule has 2 aromatic carbocycles. The molecule has 0 N–H and O–H groups in total. The van der Waals surface area contributed by atoms with Gasteiger partial charge >= 0.3 is 0 Å². The van der Waals surface area contributed by atoms with Gasteiger partial charge in [0, 0.05) is 12.0 Å². The van der Waals surface area contributed by atoms with E-state index < -0.39 is 8.32 Å². The van der Waals surface area contributed by atoms with Gasteiger partial charge < -0.3 is 4.43 Å². The lowest BCUT2D eigenvalue weighted by atomic mass is 10.00. The number of carbonyl (C=O) groups is 1. The fourth-order valence-corrected chi connectivity index (χ4v) is 3.25. The van der Waals surface area contributed by atoms with Crippen LogP contribution in [0.5, 0.6) is 5.75 Å². The lowest BCUT2D eigenvalue weighted by molar-refractivity contribution is 0.112. The number of hydrogen-bond donors (Lipinski definition) is 0. The summed E-state index contributed by atoms with van der Waals surface area (Å²) in [5.74, 6) is 0.944. The third kappa shape index (κ3) is 4.11. The molecule has 0 aromatic heterocycles. The molecule has 0 heterocycles. The molecule has 0 aliphatic carbocycles. The first kappa shape index (κ1) is 17.5. The Kier molecular flexibility index (Phi) is 5.10. The molecule has 0 saturated carbocycles. The highest BCUT2D eigenvalue weighted by Gasteiger charge is 2.39. The van der Waals surface area contributed by atoms with E-state index in [4.69, 9.17) is 4.43 Å². The first-order valence-electron chi connectivity index (χ1n) is 8.04. The maximum Gasteiger partial charge on any atom is 0.250 e. The van der Waals surface area contributed by atoms with Gasteiger partial charge in [0.25, 0.3) is 0 Å². The molecule has 0 atom stereocenters. The summed E-state index contributed by atoms with van der Waals surface area (Å²) in [7, 11) is -1.89. The van der Waals surface area contributed by atoms with Gasteiger partial charge in [0.1, 0.15) is 12.0 Å². The SMILES string of the molecule is CC(C)(C)[Si](C)(C)Oc1ccccc1Cc1ccccc1C=O. The van der Waals surface area contributed by atoms with Crippen molar-refractivity contribution in [2.75, 3.05) is 0 Å². The largest absolute Gasteiger partial charge is 0.543 e. The predicted octanol–water partition coefficient (Wildman–Crippen LogP) is 5.47. The summed E-state index contributed by atoms with van der Waals surface area (Å²) in [5, 5.41) is 0.154. The smallest absolute Gasteiger partial charge is 0.250 e. The van der Waals surface area contributed by atoms with E-state index in [9.17, 15) is 4.79 Å². The number of hydrogen-bond acceptors (Lipinski definition) is 2. The maximum absolute atomic E-state index is 11.2. The average Bonchev–Trinajstić information content (AvgIpc) is 2.48. The van der Waals surface area contributed by atoms with Crippen LogP contribution in [-0.2, 0) is 6.42 Å². The van der Waals surface area contributed by atoms with E-state index in [-0.39, 0.29) is 5.04 Å². The van der Waals surface area contributed by atoms with Gasteiger partial charge in [0.15, 0.2) is 0 Å². The standard InChI is InChI=1S/C20H26O2Si/c1-20(2,3)23(4,5)22-19-13-9-8-11-17(19)14-16-10-6-7-12-18(16)15-21/h6-13,15H,14H2,1-5H3. The van der Waals surface area contributed by atoms with Crippen LogP contribution in [-0.4, -0.2) is 14.6 Å². The van der Waals surface area contributed by atoms with Crippen LogP contribution in [0.25, 0.3) is 0 Å². The fourth-order valence-electron chi connectivity index (χ4n) is 2.19. The maximum atomic E-state index is 11.2. The van der Waals surface area contributed by atoms with Crippen LogP contribution in [0.3, 0.4) is 0 Å². The zero-order valence-corrected chi connectivity index (χ0v) is 15.7. The molecule has 0 aliphatic heterocycles. The van der Waals surface area contributed by atoms with Gasteiger partial charge in [-0.15, -0.1) is 0 Å². The van der Waals surface area contributed by atoms with Crippen LogP contribution in [0, 0.1) is 0 Å². The third-order valence-corrected chi connectivity index (χ3v) is 9.05. The highest BCUT2D eigenvalue weighted by atomic mass is 28.4. The Morgan fingerprint density at radius 2 is 1.52 bits per heavy atom. The molecule has 0 aliphatic rings. The van der Waals surface area contributed by atoms with E-state index in [1.165, 1.54) is 0 Å². The molecule has 0 saturated heterocycles. The summed E-state index contributed by atoms with van der Waals surface area (Å²) in [6.07, 6.45) is 1.63. The molecular weight excluding hydrogens is 300 g/mol. The molecule has 2 nitrogen and oxygen atoms in total. The monoisotopic (exact) mass is 326 g/mol. The number of benzene rings is 2. The average molecular weight is 327 g/mol. The number of aldehydes is 1. The minimum Gasteiger partial charge on any atom is -0.543 e. The summed E-state index contributed by atoms with van der Waals surface area (Å²) in [4.78, 5) is 11.2. The fraction of sp³-hybridized carbons (Fsp3) is 0.350. The van der Waals surface area contributed by atoms with Crippen molar-refractivity contribution in [3.05, 3.63) is 65.2 Å². The Bertz CT molecular complexity index is 684. The van der Waals surface area contributed by atoms with Crippen LogP contribution in [0.4, 0.5) is 0 Å². The molecule has 3 heteroatoms. The highest BCUT2D eigenvalue weighted by Crippen LogP contribution is 2.38. The quantitative estimate of drug-likeness (QED) is 0.537. The third-order valence-electron chi connectivity index (χ3n) is 4.71. The van der Waals surface area contributed by atoms with Gasteiger partial charge in [-0.25, -0.2) is 0 Å². The van der Waals surface area contributed by atoms with Gasteiger partial charge in [-0.3, -0.25) is 4.79 Å². The van der Waals surface area contributed by atoms with Crippen LogP contribution in [0.2, 0.25) is 18.1 Å². The van der Waals surface area contributed by atoms with Gasteiger partial charge in [-0.2, -0.15) is 0 Å². The minimum absolute atomic E-state index is 0.154. The predicted molar refractivity (Wildman–Crippen MR) is 98.9 cm³/mol. The van der Waals surface area contributed by atoms with E-state index >= 15 is 0 Å². The van der Waals surface area contributed by atoms with Crippen LogP contribution in [0.15, 0.2) is 48.5 Å². The normalized spacial score (nSPS) is 12.0. The lowest BCUT2D eigenvalue weighted by Gasteiger charge is -2.37. The second kappa shape index (κ2) is 6.71. The molecular formula is C20H26O2Si. The van der Waals surface area contributed by atoms with Crippen LogP contribution >= 0.6 is 0 Å². The summed E-state index contributed by atoms with van der Waals surface area (Å²) >= 11 is 0. The first-order chi connectivity index (χ1) is 10.7. The van der Waals surface area contributed by atoms with Crippen molar-refractivity contribution in [1.29, 1.82) is 0 Å². The van der Waals surface area contributed by atoms with Crippen molar-refractivity contribution in [3.8, 4) is 5.75 Å². The molecule has 0 spiro atoms. The number of rotatable bonds is 5. The molecule has 2 aromatic rings. The zero-order chi connectivity index (χ0) is 17.1. The van der Waals surface area contributed by atoms with Crippen molar-refractivity contribution >= 4 is 14.6 Å². The van der Waals surface area contributed by atoms with Crippen molar-refractivity contribution in [2.24, 2.45) is 0 Å². The molecule has 0 amide bonds. The lowest BCUT2D eigenvalue weighted by Crippen LogP contribution is -2.44. The Hall–Kier alpha value is -1.87. The molecule has 0 bridgehead atoms. The van der Waals surface area contributed by atoms with Crippen LogP contribution < -0.4 is 4.43 Å². The first-order valence-corrected chi connectivity index (χ1v) is 11.0. The molecule has 23 heavy (non-hydrogen) atoms. The van der Waals surface area contributed by atoms with E-state index in [0.29, 0.717) is 6.42 Å². The van der Waals surface area contributed by atoms with Gasteiger partial charge in [0.05, 0.1) is 0 Å². The number of carbonyl (C=O) groups excluding carboxylic acids is 1. The van der Waals surface area contributed by atoms with Crippen molar-refractivity contribution in [3.63, 3.8) is 0 Å². The summed E-state index contributed by atoms with van der Waals surface area (Å²) < 4.78 is 6.49. The molecule has 122 valence electrons. The number of para-hydroxylation sites is 1. The minimum atomic E-state index is -1.89. The summed E-state index contributed by atoms with van der Waals surface area (Å²) in [5.41, 5.74) is 2.91. The van der Waals surface area contributed by atoms with Crippen LogP contribution in [0.1, 0.15) is 42.3 Å². The summed E-state index contributed by atoms with van der Waals surface area (Å²) in [6, 6.07) is 15.9. The van der Waals surface area contributed by atoms with Gasteiger partial charge in [0.2, 0.25) is 8.32 Å². The second-order valence-corrected chi connectivity index (χ2v) is 12.2. The molecule has 2 rings (SSSR count). The van der Waals surface area contributed by atoms with Gasteiger partial charge in [-0.05, 0) is 35.3 Å². The van der Waals surface area contributed by atoms with E-state index in [1.807, 2.05) is 42.5 Å². The Morgan fingerprint density at radius 3 is 2.13 bits per heavy atom. The van der Waals surface area contributed by atoms with E-state index in [0.717, 1.165) is 28.7 Å². The second-order valence-electron chi connectivity index (χ2n) is 7.46. The summed E-state index contributed by atoms with van der Waals surface area (Å²) in [6.45, 7) is 11.2. The highest BCUT2D eigenvalue weighted by molar-refractivity contribution is 6.74. The zero-order valence-electron chi connectivity index (χ0n) is 14.7. The van der Waals surface area contributed by atoms with E-state index in [2.05, 4.69) is 39.9 Å². The van der Waals surface area contributed by atoms with E-state index in [1.54, 1.807) is 0 Å².